The molecule has 21 unspecified atom stereocenters. The van der Waals surface area contributed by atoms with Gasteiger partial charge in [0.05, 0.1) is 59.9 Å². The first kappa shape index (κ1) is 114. The second-order valence-corrected chi connectivity index (χ2v) is 135. The highest BCUT2D eigenvalue weighted by atomic mass is 33.3. The number of hydrogen-bond donors (Lipinski definition) is 6. The number of aliphatic hydroxyl groups is 4. The van der Waals surface area contributed by atoms with E-state index in [1.165, 1.54) is 19.9 Å². The predicted octanol–water partition coefficient (Wildman–Crippen LogP) is 26.3. The summed E-state index contributed by atoms with van der Waals surface area (Å²) in [4.78, 5) is 47.4. The van der Waals surface area contributed by atoms with Crippen molar-refractivity contribution in [1.29, 1.82) is 0 Å². The average molecular weight is 1990 g/mol. The molecule has 43 heteroatoms. The zero-order valence-electron chi connectivity index (χ0n) is 62.3. The number of esters is 2. The molecule has 104 heavy (non-hydrogen) atoms. The molecule has 606 valence electrons. The zero-order chi connectivity index (χ0) is 79.4. The predicted molar refractivity (Wildman–Crippen MR) is 547 cm³/mol. The number of rotatable bonds is 29. The van der Waals surface area contributed by atoms with Gasteiger partial charge in [0.25, 0.3) is 0 Å². The summed E-state index contributed by atoms with van der Waals surface area (Å²) in [5, 5.41) is 46.6. The van der Waals surface area contributed by atoms with Crippen LogP contribution in [0.4, 0.5) is 0 Å². The molecule has 4 heterocycles. The Morgan fingerprint density at radius 2 is 0.923 bits per heavy atom. The van der Waals surface area contributed by atoms with E-state index in [0.29, 0.717) is 32.1 Å². The van der Waals surface area contributed by atoms with Gasteiger partial charge in [-0.2, -0.15) is 0 Å². The molecule has 2 amide bonds. The van der Waals surface area contributed by atoms with Crippen molar-refractivity contribution in [1.82, 2.24) is 10.6 Å². The van der Waals surface area contributed by atoms with Gasteiger partial charge in [-0.25, -0.2) is 0 Å². The van der Waals surface area contributed by atoms with Crippen molar-refractivity contribution in [3.8, 4) is 0 Å². The van der Waals surface area contributed by atoms with Crippen molar-refractivity contribution < 1.29 is 58.6 Å². The molecule has 0 aromatic carbocycles. The second-order valence-electron chi connectivity index (χ2n) is 26.0. The van der Waals surface area contributed by atoms with Crippen LogP contribution in [0.1, 0.15) is 180 Å². The van der Waals surface area contributed by atoms with Gasteiger partial charge in [0.1, 0.15) is 12.2 Å². The van der Waals surface area contributed by atoms with E-state index in [2.05, 4.69) is 174 Å². The van der Waals surface area contributed by atoms with E-state index in [9.17, 15) is 39.6 Å². The quantitative estimate of drug-likeness (QED) is 0.0136. The Bertz CT molecular complexity index is 2600. The van der Waals surface area contributed by atoms with E-state index in [1.54, 1.807) is 26.0 Å². The number of aliphatic hydroxyl groups excluding tert-OH is 2. The van der Waals surface area contributed by atoms with Gasteiger partial charge in [0, 0.05) is 51.4 Å². The topological polar surface area (TPSA) is 217 Å². The SMILES string of the molecule is C.C=C/C=C(\C)[C@H]1NC(=O)CCCCCC(OC(C)=O)/C=C/[C@@H]1C.C=C[C@](C)(O)C[C@H]1O[C@@H]1[C@H](C)[C@@H](O)CC.CC[C@H](O)[C@@H](C)[C@H]1O[C@@H]1C[C@@](C)(O)/C=C/C=C(\C)[C@H]1NC(=O)CCCCCC(OC(C)=O)/C=C/[C@@H]1C.PP(P)P(P(P)P)P(P(P)P)P(P)P.PPP(P)P(P(P)P)P(P(P)P)P(P)P. The zero-order valence-corrected chi connectivity index (χ0v) is 92.5. The Labute approximate surface area is 683 Å². The third-order valence-corrected chi connectivity index (χ3v) is 184. The summed E-state index contributed by atoms with van der Waals surface area (Å²) in [6, 6.07) is -0.289. The lowest BCUT2D eigenvalue weighted by atomic mass is 9.91. The Kier molecular flexibility index (Phi) is 68.6. The van der Waals surface area contributed by atoms with E-state index in [0.717, 1.165) is 76.9 Å². The number of hydrogen-bond acceptors (Lipinski definition) is 12. The molecule has 6 N–H and O–H groups in total. The minimum absolute atomic E-state index is 0. The smallest absolute Gasteiger partial charge is 0.303 e. The van der Waals surface area contributed by atoms with Crippen LogP contribution in [0.25, 0.3) is 0 Å². The molecule has 35 atom stereocenters. The number of ether oxygens (including phenoxy) is 4. The molecule has 2 saturated heterocycles. The summed E-state index contributed by atoms with van der Waals surface area (Å²) in [5.74, 6) is -0.155. The maximum Gasteiger partial charge on any atom is 0.303 e. The van der Waals surface area contributed by atoms with Crippen molar-refractivity contribution in [2.75, 3.05) is 0 Å². The van der Waals surface area contributed by atoms with Crippen LogP contribution in [0.5, 0.6) is 0 Å². The number of nitrogens with one attached hydrogen (secondary N) is 2. The molecule has 0 saturated carbocycles. The summed E-state index contributed by atoms with van der Waals surface area (Å²) in [6.45, 7) is 31.2. The molecule has 0 radical (unpaired) electrons. The Morgan fingerprint density at radius 1 is 0.587 bits per heavy atom. The largest absolute Gasteiger partial charge is 0.458 e. The molecule has 2 fully saturated rings. The Hall–Kier alpha value is 8.29. The maximum atomic E-state index is 12.6. The molecular formula is C61H135N2O12P29. The highest BCUT2D eigenvalue weighted by Crippen LogP contribution is 3.23. The Balaban J connectivity index is 0. The van der Waals surface area contributed by atoms with E-state index < -0.39 is 17.3 Å². The van der Waals surface area contributed by atoms with Gasteiger partial charge >= 0.3 is 11.9 Å². The molecule has 4 aliphatic heterocycles. The van der Waals surface area contributed by atoms with Crippen molar-refractivity contribution >= 4 is 258 Å². The third kappa shape index (κ3) is 49.4. The lowest BCUT2D eigenvalue weighted by Gasteiger charge is -2.38. The highest BCUT2D eigenvalue weighted by molar-refractivity contribution is 9.29. The maximum absolute atomic E-state index is 12.6. The van der Waals surface area contributed by atoms with Crippen LogP contribution in [0.2, 0.25) is 0 Å². The van der Waals surface area contributed by atoms with Gasteiger partial charge in [-0.3, -0.25) is 19.2 Å². The van der Waals surface area contributed by atoms with Gasteiger partial charge in [0.2, 0.25) is 11.8 Å². The molecule has 0 aliphatic carbocycles. The van der Waals surface area contributed by atoms with Gasteiger partial charge in [-0.1, -0.05) is 136 Å². The number of amides is 2. The number of carbonyl (C=O) groups excluding carboxylic acids is 4. The molecule has 0 aromatic rings. The van der Waals surface area contributed by atoms with Crippen LogP contribution in [-0.2, 0) is 38.1 Å². The average Bonchev–Trinajstić information content (AvgIpc) is 1.65. The fourth-order valence-corrected chi connectivity index (χ4v) is 314. The van der Waals surface area contributed by atoms with Gasteiger partial charge in [-0.05, 0) is 187 Å². The van der Waals surface area contributed by atoms with Crippen LogP contribution in [0.3, 0.4) is 0 Å². The van der Waals surface area contributed by atoms with E-state index >= 15 is 0 Å². The van der Waals surface area contributed by atoms with Crippen molar-refractivity contribution in [3.63, 3.8) is 0 Å². The molecular weight excluding hydrogens is 1850 g/mol. The molecule has 14 nitrogen and oxygen atoms in total. The first-order valence-electron chi connectivity index (χ1n) is 33.9. The van der Waals surface area contributed by atoms with Crippen LogP contribution < -0.4 is 10.6 Å². The first-order valence-corrected chi connectivity index (χ1v) is 84.9. The van der Waals surface area contributed by atoms with Gasteiger partial charge in [-0.15, -0.1) is 149 Å². The summed E-state index contributed by atoms with van der Waals surface area (Å²) < 4.78 is 22.0. The van der Waals surface area contributed by atoms with E-state index in [4.69, 9.17) is 18.9 Å². The minimum Gasteiger partial charge on any atom is -0.458 e. The summed E-state index contributed by atoms with van der Waals surface area (Å²) in [7, 11) is 50.0. The van der Waals surface area contributed by atoms with E-state index in [1.807, 2.05) is 91.0 Å². The third-order valence-electron chi connectivity index (χ3n) is 16.6. The normalized spacial score (nSPS) is 26.6. The van der Waals surface area contributed by atoms with Crippen molar-refractivity contribution in [2.24, 2.45) is 23.7 Å². The summed E-state index contributed by atoms with van der Waals surface area (Å²) in [5.41, 5.74) is 0.113. The van der Waals surface area contributed by atoms with Crippen LogP contribution in [0.15, 0.2) is 85.1 Å². The fourth-order valence-electron chi connectivity index (χ4n) is 10.8. The van der Waals surface area contributed by atoms with Crippen LogP contribution in [0, 0.1) is 23.7 Å². The second kappa shape index (κ2) is 62.4. The number of allylic oxidation sites excluding steroid dienone is 4. The molecule has 0 bridgehead atoms. The highest BCUT2D eigenvalue weighted by Gasteiger charge is 2.48. The van der Waals surface area contributed by atoms with E-state index in [-0.39, 0.29) is 194 Å². The van der Waals surface area contributed by atoms with Gasteiger partial charge < -0.3 is 50.0 Å². The lowest BCUT2D eigenvalue weighted by molar-refractivity contribution is -0.145. The molecule has 4 aliphatic rings. The number of epoxide rings is 2. The fraction of sp³-hybridized carbons (Fsp3) is 0.705. The van der Waals surface area contributed by atoms with Gasteiger partial charge in [0.15, 0.2) is 0 Å². The van der Waals surface area contributed by atoms with Crippen molar-refractivity contribution in [2.45, 2.75) is 253 Å². The first-order chi connectivity index (χ1) is 47.9. The van der Waals surface area contributed by atoms with Crippen molar-refractivity contribution in [3.05, 3.63) is 85.1 Å². The lowest BCUT2D eigenvalue weighted by Crippen LogP contribution is -2.40. The van der Waals surface area contributed by atoms with Crippen LogP contribution in [-0.4, -0.2) is 116 Å². The Morgan fingerprint density at radius 3 is 1.23 bits per heavy atom. The molecule has 4 rings (SSSR count). The molecule has 0 spiro atoms. The molecule has 0 aromatic heterocycles. The minimum atomic E-state index is -1.05. The van der Waals surface area contributed by atoms with Crippen LogP contribution >= 0.6 is 235 Å². The summed E-state index contributed by atoms with van der Waals surface area (Å²) in [6.07, 6.45) is 27.9. The monoisotopic (exact) mass is 1990 g/mol. The standard InChI is InChI=1S/C29H47NO6.C19H29NO3.C12H22O3.CH4.H17P15.H16P14/c1-7-24(32)21(4)28-25(36-28)18-29(6,34)17-11-12-19(2)27-20(3)15-16-23(35-22(5)31)13-9-8-10-14-26(33)30-27;1-5-9-14(2)19-15(3)12-13-17(23-16(4)21)10-7-6-8-11-18(22)20-19;1-5-9(13)8(3)11-10(15-11)7-12(4,14)6-2;;1-9-13(8)15(12(6)7)14(10(2)3)11(4)5;1-9(2)13(10(3)4)14(11(5)6)12(7)8/h11-12,15-17,20-21,23-25,27-28,32,34H,7-10,13-14,18H2,1-6H3,(H,30,33);5,9,12-13,15,17,19H,1,6-8,10-11H2,2-4H3,(H,20,22);6,8-11,13-14H,2,5,7H2,1,3-4H3;1H4;9H,1-8H2;1-8H2/b16-15+,17-11+,19-12+;13-12+,14-9+;;;;/t20-,21+,23?,24-,25+,27+,28+,29-;15-,17?,19+;8-,9+,10-,11-,12+;;;/m001.../s1. The number of carbonyl (C=O) groups is 4. The summed E-state index contributed by atoms with van der Waals surface area (Å²) >= 11 is 0.